The fourth-order valence-electron chi connectivity index (χ4n) is 2.59. The summed E-state index contributed by atoms with van der Waals surface area (Å²) in [5, 5.41) is 8.80. The van der Waals surface area contributed by atoms with Crippen LogP contribution in [0.3, 0.4) is 0 Å². The minimum Gasteiger partial charge on any atom is -0.497 e. The van der Waals surface area contributed by atoms with Gasteiger partial charge in [0.1, 0.15) is 5.75 Å². The predicted octanol–water partition coefficient (Wildman–Crippen LogP) is 3.06. The standard InChI is InChI=1S/C17H21N3O/c1-19(2)17(14-7-4-8-15(13-14)21-3)16-9-5-11-20(16)12-6-10-18/h4-5,7-9,11,13,17H,6,12H2,1-3H3. The zero-order chi connectivity index (χ0) is 15.2. The molecular formula is C17H21N3O. The third-order valence-electron chi connectivity index (χ3n) is 3.54. The Bertz CT molecular complexity index is 625. The minimum atomic E-state index is 0.133. The average Bonchev–Trinajstić information content (AvgIpc) is 2.93. The molecule has 21 heavy (non-hydrogen) atoms. The van der Waals surface area contributed by atoms with Gasteiger partial charge < -0.3 is 9.30 Å². The van der Waals surface area contributed by atoms with E-state index in [4.69, 9.17) is 10.00 Å². The second-order valence-electron chi connectivity index (χ2n) is 5.18. The van der Waals surface area contributed by atoms with Crippen molar-refractivity contribution in [1.82, 2.24) is 9.47 Å². The van der Waals surface area contributed by atoms with Gasteiger partial charge in [0, 0.05) is 18.4 Å². The van der Waals surface area contributed by atoms with Crippen molar-refractivity contribution in [2.45, 2.75) is 19.0 Å². The van der Waals surface area contributed by atoms with Crippen molar-refractivity contribution < 1.29 is 4.74 Å². The molecule has 0 saturated carbocycles. The van der Waals surface area contributed by atoms with E-state index >= 15 is 0 Å². The van der Waals surface area contributed by atoms with Crippen LogP contribution in [0.5, 0.6) is 5.75 Å². The largest absolute Gasteiger partial charge is 0.497 e. The first-order chi connectivity index (χ1) is 10.2. The van der Waals surface area contributed by atoms with Crippen LogP contribution >= 0.6 is 0 Å². The van der Waals surface area contributed by atoms with Gasteiger partial charge in [-0.1, -0.05) is 12.1 Å². The molecule has 0 aliphatic heterocycles. The van der Waals surface area contributed by atoms with Gasteiger partial charge in [-0.15, -0.1) is 0 Å². The Morgan fingerprint density at radius 1 is 1.29 bits per heavy atom. The highest BCUT2D eigenvalue weighted by molar-refractivity contribution is 5.35. The highest BCUT2D eigenvalue weighted by Gasteiger charge is 2.20. The summed E-state index contributed by atoms with van der Waals surface area (Å²) in [4.78, 5) is 2.17. The van der Waals surface area contributed by atoms with E-state index in [9.17, 15) is 0 Å². The first-order valence-electron chi connectivity index (χ1n) is 6.99. The highest BCUT2D eigenvalue weighted by Crippen LogP contribution is 2.29. The molecule has 1 atom stereocenters. The van der Waals surface area contributed by atoms with Gasteiger partial charge in [0.05, 0.1) is 25.6 Å². The lowest BCUT2D eigenvalue weighted by molar-refractivity contribution is 0.326. The quantitative estimate of drug-likeness (QED) is 0.818. The van der Waals surface area contributed by atoms with Crippen LogP contribution in [0.2, 0.25) is 0 Å². The summed E-state index contributed by atoms with van der Waals surface area (Å²) in [6.45, 7) is 0.715. The van der Waals surface area contributed by atoms with Crippen molar-refractivity contribution in [2.24, 2.45) is 0 Å². The number of nitriles is 1. The summed E-state index contributed by atoms with van der Waals surface area (Å²) < 4.78 is 7.48. The number of hydrogen-bond acceptors (Lipinski definition) is 3. The number of methoxy groups -OCH3 is 1. The maximum Gasteiger partial charge on any atom is 0.119 e. The van der Waals surface area contributed by atoms with Crippen LogP contribution in [0.4, 0.5) is 0 Å². The molecule has 1 heterocycles. The van der Waals surface area contributed by atoms with E-state index in [1.54, 1.807) is 7.11 Å². The van der Waals surface area contributed by atoms with E-state index in [2.05, 4.69) is 47.8 Å². The van der Waals surface area contributed by atoms with Crippen LogP contribution in [-0.2, 0) is 6.54 Å². The maximum absolute atomic E-state index is 8.80. The monoisotopic (exact) mass is 283 g/mol. The maximum atomic E-state index is 8.80. The van der Waals surface area contributed by atoms with Crippen molar-refractivity contribution in [1.29, 1.82) is 5.26 Å². The van der Waals surface area contributed by atoms with Gasteiger partial charge in [0.15, 0.2) is 0 Å². The van der Waals surface area contributed by atoms with Gasteiger partial charge in [0.2, 0.25) is 0 Å². The zero-order valence-electron chi connectivity index (χ0n) is 12.8. The van der Waals surface area contributed by atoms with Crippen molar-refractivity contribution in [2.75, 3.05) is 21.2 Å². The Labute approximate surface area is 126 Å². The smallest absolute Gasteiger partial charge is 0.119 e. The molecule has 4 nitrogen and oxygen atoms in total. The molecule has 0 N–H and O–H groups in total. The number of aromatic nitrogens is 1. The van der Waals surface area contributed by atoms with Gasteiger partial charge in [-0.3, -0.25) is 4.90 Å². The molecule has 1 unspecified atom stereocenters. The van der Waals surface area contributed by atoms with Crippen LogP contribution in [-0.4, -0.2) is 30.7 Å². The molecule has 0 aliphatic carbocycles. The molecule has 1 aromatic heterocycles. The molecule has 2 aromatic rings. The van der Waals surface area contributed by atoms with Gasteiger partial charge in [0.25, 0.3) is 0 Å². The molecule has 0 saturated heterocycles. The Hall–Kier alpha value is -2.25. The Morgan fingerprint density at radius 3 is 2.76 bits per heavy atom. The predicted molar refractivity (Wildman–Crippen MR) is 83.2 cm³/mol. The number of benzene rings is 1. The molecule has 4 heteroatoms. The van der Waals surface area contributed by atoms with E-state index in [1.165, 1.54) is 11.3 Å². The van der Waals surface area contributed by atoms with Crippen molar-refractivity contribution in [3.05, 3.63) is 53.9 Å². The van der Waals surface area contributed by atoms with E-state index in [0.717, 1.165) is 5.75 Å². The van der Waals surface area contributed by atoms with E-state index < -0.39 is 0 Å². The molecule has 2 rings (SSSR count). The summed E-state index contributed by atoms with van der Waals surface area (Å²) in [6, 6.07) is 14.6. The van der Waals surface area contributed by atoms with Gasteiger partial charge in [-0.05, 0) is 43.9 Å². The topological polar surface area (TPSA) is 41.2 Å². The van der Waals surface area contributed by atoms with Gasteiger partial charge >= 0.3 is 0 Å². The SMILES string of the molecule is COc1cccc(C(c2cccn2CCC#N)N(C)C)c1. The first kappa shape index (κ1) is 15.1. The van der Waals surface area contributed by atoms with Crippen molar-refractivity contribution >= 4 is 0 Å². The molecular weight excluding hydrogens is 262 g/mol. The van der Waals surface area contributed by atoms with Crippen LogP contribution in [0.25, 0.3) is 0 Å². The third kappa shape index (κ3) is 3.45. The first-order valence-corrected chi connectivity index (χ1v) is 6.99. The van der Waals surface area contributed by atoms with Gasteiger partial charge in [-0.2, -0.15) is 5.26 Å². The van der Waals surface area contributed by atoms with Crippen molar-refractivity contribution in [3.63, 3.8) is 0 Å². The number of ether oxygens (including phenoxy) is 1. The highest BCUT2D eigenvalue weighted by atomic mass is 16.5. The molecule has 0 spiro atoms. The van der Waals surface area contributed by atoms with Crippen LogP contribution in [0.15, 0.2) is 42.6 Å². The lowest BCUT2D eigenvalue weighted by Crippen LogP contribution is -2.23. The van der Waals surface area contributed by atoms with E-state index in [-0.39, 0.29) is 6.04 Å². The number of aryl methyl sites for hydroxylation is 1. The van der Waals surface area contributed by atoms with E-state index in [0.29, 0.717) is 13.0 Å². The zero-order valence-corrected chi connectivity index (χ0v) is 12.8. The second kappa shape index (κ2) is 6.96. The fraction of sp³-hybridized carbons (Fsp3) is 0.353. The Morgan fingerprint density at radius 2 is 2.10 bits per heavy atom. The summed E-state index contributed by atoms with van der Waals surface area (Å²) in [5.41, 5.74) is 2.36. The summed E-state index contributed by atoms with van der Waals surface area (Å²) in [7, 11) is 5.80. The molecule has 1 aromatic carbocycles. The summed E-state index contributed by atoms with van der Waals surface area (Å²) in [5.74, 6) is 0.856. The fourth-order valence-corrected chi connectivity index (χ4v) is 2.59. The van der Waals surface area contributed by atoms with Crippen LogP contribution < -0.4 is 4.74 Å². The average molecular weight is 283 g/mol. The molecule has 0 fully saturated rings. The lowest BCUT2D eigenvalue weighted by Gasteiger charge is -2.26. The number of hydrogen-bond donors (Lipinski definition) is 0. The van der Waals surface area contributed by atoms with Crippen molar-refractivity contribution in [3.8, 4) is 11.8 Å². The molecule has 0 radical (unpaired) electrons. The van der Waals surface area contributed by atoms with Gasteiger partial charge in [-0.25, -0.2) is 0 Å². The Balaban J connectivity index is 2.39. The number of rotatable bonds is 6. The summed E-state index contributed by atoms with van der Waals surface area (Å²) >= 11 is 0. The van der Waals surface area contributed by atoms with Crippen LogP contribution in [0, 0.1) is 11.3 Å². The molecule has 0 bridgehead atoms. The minimum absolute atomic E-state index is 0.133. The molecule has 0 amide bonds. The summed E-state index contributed by atoms with van der Waals surface area (Å²) in [6.07, 6.45) is 2.54. The van der Waals surface area contributed by atoms with E-state index in [1.807, 2.05) is 24.4 Å². The normalized spacial score (nSPS) is 12.1. The van der Waals surface area contributed by atoms with Crippen LogP contribution in [0.1, 0.15) is 23.7 Å². The third-order valence-corrected chi connectivity index (χ3v) is 3.54. The second-order valence-corrected chi connectivity index (χ2v) is 5.18. The lowest BCUT2D eigenvalue weighted by atomic mass is 10.0. The number of nitrogens with zero attached hydrogens (tertiary/aromatic N) is 3. The molecule has 0 aliphatic rings. The Kier molecular flexibility index (Phi) is 5.02. The molecule has 110 valence electrons.